The lowest BCUT2D eigenvalue weighted by Crippen LogP contribution is -2.29. The van der Waals surface area contributed by atoms with E-state index in [4.69, 9.17) is 5.11 Å². The van der Waals surface area contributed by atoms with Gasteiger partial charge in [-0.3, -0.25) is 4.79 Å². The van der Waals surface area contributed by atoms with E-state index in [0.717, 1.165) is 12.3 Å². The van der Waals surface area contributed by atoms with Crippen molar-refractivity contribution in [2.24, 2.45) is 0 Å². The summed E-state index contributed by atoms with van der Waals surface area (Å²) in [5.74, 6) is -1.39. The third-order valence-corrected chi connectivity index (χ3v) is 3.97. The van der Waals surface area contributed by atoms with E-state index in [1.807, 2.05) is 0 Å². The van der Waals surface area contributed by atoms with Gasteiger partial charge in [0.2, 0.25) is 10.0 Å². The summed E-state index contributed by atoms with van der Waals surface area (Å²) in [4.78, 5) is 22.8. The molecule has 1 amide bonds. The van der Waals surface area contributed by atoms with E-state index in [2.05, 4.69) is 10.0 Å². The summed E-state index contributed by atoms with van der Waals surface area (Å²) in [5, 5.41) is 12.9. The Labute approximate surface area is 126 Å². The van der Waals surface area contributed by atoms with Crippen LogP contribution in [0.2, 0.25) is 0 Å². The average molecular weight is 332 g/mol. The molecule has 0 atom stereocenters. The molecule has 1 aromatic heterocycles. The van der Waals surface area contributed by atoms with Crippen LogP contribution < -0.4 is 10.0 Å². The van der Waals surface area contributed by atoms with Gasteiger partial charge in [-0.2, -0.15) is 0 Å². The van der Waals surface area contributed by atoms with Crippen molar-refractivity contribution in [3.8, 4) is 0 Å². The van der Waals surface area contributed by atoms with Crippen LogP contribution in [0.4, 0.5) is 0 Å². The minimum absolute atomic E-state index is 0.245. The van der Waals surface area contributed by atoms with Gasteiger partial charge in [0.05, 0.1) is 11.1 Å². The largest absolute Gasteiger partial charge is 0.478 e. The fourth-order valence-electron chi connectivity index (χ4n) is 1.42. The van der Waals surface area contributed by atoms with Crippen LogP contribution in [-0.2, 0) is 14.8 Å². The summed E-state index contributed by atoms with van der Waals surface area (Å²) < 4.78 is 24.0. The van der Waals surface area contributed by atoms with Gasteiger partial charge in [0.25, 0.3) is 5.91 Å². The number of carboxylic acid groups (broad SMARTS) is 1. The predicted molar refractivity (Wildman–Crippen MR) is 80.8 cm³/mol. The maximum Gasteiger partial charge on any atom is 0.328 e. The number of nitrogens with one attached hydrogen (secondary N) is 2. The van der Waals surface area contributed by atoms with Crippen LogP contribution in [0.5, 0.6) is 0 Å². The first kappa shape index (κ1) is 17.3. The maximum atomic E-state index is 11.9. The Balaban J connectivity index is 2.46. The molecule has 0 aliphatic heterocycles. The molecule has 0 aliphatic carbocycles. The number of thiophene rings is 1. The van der Waals surface area contributed by atoms with Gasteiger partial charge in [-0.05, 0) is 29.5 Å². The van der Waals surface area contributed by atoms with Gasteiger partial charge >= 0.3 is 5.97 Å². The van der Waals surface area contributed by atoms with Crippen molar-refractivity contribution in [2.75, 3.05) is 19.3 Å². The Morgan fingerprint density at radius 2 is 2.10 bits per heavy atom. The predicted octanol–water partition coefficient (Wildman–Crippen LogP) is 0.515. The molecule has 1 heterocycles. The number of carbonyl (C=O) groups is 2. The molecule has 3 N–H and O–H groups in total. The number of sulfonamides is 1. The topological polar surface area (TPSA) is 113 Å². The van der Waals surface area contributed by atoms with Gasteiger partial charge in [-0.25, -0.2) is 17.9 Å². The van der Waals surface area contributed by atoms with Gasteiger partial charge in [0.1, 0.15) is 0 Å². The lowest BCUT2D eigenvalue weighted by Gasteiger charge is -2.05. The highest BCUT2D eigenvalue weighted by Crippen LogP contribution is 2.18. The molecule has 7 nitrogen and oxygen atoms in total. The normalized spacial score (nSPS) is 11.7. The molecule has 0 saturated carbocycles. The van der Waals surface area contributed by atoms with Crippen LogP contribution in [0.25, 0.3) is 6.08 Å². The highest BCUT2D eigenvalue weighted by Gasteiger charge is 2.11. The van der Waals surface area contributed by atoms with Crippen molar-refractivity contribution >= 4 is 39.3 Å². The van der Waals surface area contributed by atoms with Crippen LogP contribution >= 0.6 is 11.3 Å². The van der Waals surface area contributed by atoms with Crippen LogP contribution in [0, 0.1) is 0 Å². The Morgan fingerprint density at radius 1 is 1.38 bits per heavy atom. The quantitative estimate of drug-likeness (QED) is 0.474. The molecule has 1 aromatic rings. The van der Waals surface area contributed by atoms with E-state index in [1.54, 1.807) is 11.4 Å². The van der Waals surface area contributed by atoms with Gasteiger partial charge in [0.15, 0.2) is 0 Å². The zero-order valence-corrected chi connectivity index (χ0v) is 13.0. The van der Waals surface area contributed by atoms with Crippen molar-refractivity contribution in [2.45, 2.75) is 6.42 Å². The monoisotopic (exact) mass is 332 g/mol. The summed E-state index contributed by atoms with van der Waals surface area (Å²) in [7, 11) is -3.22. The van der Waals surface area contributed by atoms with Gasteiger partial charge in [-0.1, -0.05) is 0 Å². The lowest BCUT2D eigenvalue weighted by atomic mass is 10.2. The summed E-state index contributed by atoms with van der Waals surface area (Å²) in [5.41, 5.74) is 0.536. The van der Waals surface area contributed by atoms with Crippen LogP contribution in [-0.4, -0.2) is 44.7 Å². The Kier molecular flexibility index (Phi) is 6.53. The second-order valence-electron chi connectivity index (χ2n) is 4.15. The van der Waals surface area contributed by atoms with Crippen molar-refractivity contribution in [1.82, 2.24) is 10.0 Å². The number of amides is 1. The van der Waals surface area contributed by atoms with E-state index in [9.17, 15) is 18.0 Å². The second kappa shape index (κ2) is 7.91. The van der Waals surface area contributed by atoms with Crippen LogP contribution in [0.3, 0.4) is 0 Å². The molecular formula is C12H16N2O5S2. The smallest absolute Gasteiger partial charge is 0.328 e. The Hall–Kier alpha value is -1.71. The molecule has 116 valence electrons. The van der Waals surface area contributed by atoms with E-state index in [-0.39, 0.29) is 12.5 Å². The van der Waals surface area contributed by atoms with Crippen molar-refractivity contribution in [1.29, 1.82) is 0 Å². The first-order valence-electron chi connectivity index (χ1n) is 6.01. The van der Waals surface area contributed by atoms with E-state index in [1.165, 1.54) is 17.4 Å². The molecule has 0 aromatic carbocycles. The van der Waals surface area contributed by atoms with Crippen LogP contribution in [0.1, 0.15) is 21.7 Å². The van der Waals surface area contributed by atoms with E-state index < -0.39 is 16.0 Å². The molecule has 9 heteroatoms. The van der Waals surface area contributed by atoms with E-state index in [0.29, 0.717) is 23.4 Å². The first-order chi connectivity index (χ1) is 9.79. The average Bonchev–Trinajstić information content (AvgIpc) is 2.82. The number of hydrogen-bond acceptors (Lipinski definition) is 5. The van der Waals surface area contributed by atoms with Crippen molar-refractivity contribution in [3.63, 3.8) is 0 Å². The Bertz CT molecular complexity index is 634. The van der Waals surface area contributed by atoms with E-state index >= 15 is 0 Å². The fourth-order valence-corrected chi connectivity index (χ4v) is 2.74. The summed E-state index contributed by atoms with van der Waals surface area (Å²) >= 11 is 1.21. The SMILES string of the molecule is CS(=O)(=O)NCCCNC(=O)c1sccc1/C=C/C(=O)O. The molecule has 0 unspecified atom stereocenters. The minimum Gasteiger partial charge on any atom is -0.478 e. The van der Waals surface area contributed by atoms with Crippen LogP contribution in [0.15, 0.2) is 17.5 Å². The number of hydrogen-bond donors (Lipinski definition) is 3. The molecule has 0 bridgehead atoms. The standard InChI is InChI=1S/C12H16N2O5S2/c1-21(18,19)14-7-2-6-13-12(17)11-9(5-8-20-11)3-4-10(15)16/h3-5,8,14H,2,6-7H2,1H3,(H,13,17)(H,15,16)/b4-3+. The van der Waals surface area contributed by atoms with Gasteiger partial charge in [-0.15, -0.1) is 11.3 Å². The minimum atomic E-state index is -3.22. The van der Waals surface area contributed by atoms with Gasteiger partial charge in [0, 0.05) is 19.2 Å². The third-order valence-electron chi connectivity index (χ3n) is 2.31. The summed E-state index contributed by atoms with van der Waals surface area (Å²) in [6.45, 7) is 0.566. The molecule has 0 saturated heterocycles. The third kappa shape index (κ3) is 7.02. The second-order valence-corrected chi connectivity index (χ2v) is 6.90. The molecular weight excluding hydrogens is 316 g/mol. The van der Waals surface area contributed by atoms with Gasteiger partial charge < -0.3 is 10.4 Å². The molecule has 0 fully saturated rings. The number of aliphatic carboxylic acids is 1. The molecule has 1 rings (SSSR count). The number of rotatable bonds is 8. The van der Waals surface area contributed by atoms with Crippen molar-refractivity contribution in [3.05, 3.63) is 28.0 Å². The Morgan fingerprint density at radius 3 is 2.71 bits per heavy atom. The molecule has 0 aliphatic rings. The highest BCUT2D eigenvalue weighted by atomic mass is 32.2. The summed E-state index contributed by atoms with van der Waals surface area (Å²) in [6.07, 6.45) is 3.86. The lowest BCUT2D eigenvalue weighted by molar-refractivity contribution is -0.131. The van der Waals surface area contributed by atoms with Crippen molar-refractivity contribution < 1.29 is 23.1 Å². The highest BCUT2D eigenvalue weighted by molar-refractivity contribution is 7.88. The maximum absolute atomic E-state index is 11.9. The number of carbonyl (C=O) groups excluding carboxylic acids is 1. The fraction of sp³-hybridized carbons (Fsp3) is 0.333. The zero-order valence-electron chi connectivity index (χ0n) is 11.3. The molecule has 0 radical (unpaired) electrons. The molecule has 0 spiro atoms. The zero-order chi connectivity index (χ0) is 15.9. The summed E-state index contributed by atoms with van der Waals surface area (Å²) in [6, 6.07) is 1.66. The molecule has 21 heavy (non-hydrogen) atoms. The number of carboxylic acids is 1. The first-order valence-corrected chi connectivity index (χ1v) is 8.78.